The molecular weight excluding hydrogens is 450 g/mol. The van der Waals surface area contributed by atoms with Crippen molar-refractivity contribution < 1.29 is 32.6 Å². The van der Waals surface area contributed by atoms with Crippen LogP contribution in [0.4, 0.5) is 8.78 Å². The summed E-state index contributed by atoms with van der Waals surface area (Å²) in [7, 11) is 1.30. The van der Waals surface area contributed by atoms with E-state index in [-0.39, 0.29) is 34.0 Å². The fourth-order valence-corrected chi connectivity index (χ4v) is 7.24. The highest BCUT2D eigenvalue weighted by atomic mass is 79.9. The SMILES string of the molecule is COc1cc(C(=O)COC(=O)C23C[C@H]4C[C@@H](CC(Br)(C4)C2)C3)ccc1OC(F)F. The zero-order valence-corrected chi connectivity index (χ0v) is 17.7. The Morgan fingerprint density at radius 2 is 1.86 bits per heavy atom. The standard InChI is InChI=1S/C21H23BrF2O5/c1-27-17-5-14(2-3-16(17)29-19(23)24)15(25)10-28-18(26)20-6-12-4-13(7-20)9-21(22,8-12)11-20/h2-3,5,12-13,19H,4,6-11H2,1H3/t12-,13-,20?,21?/m1/s1. The summed E-state index contributed by atoms with van der Waals surface area (Å²) >= 11 is 3.86. The van der Waals surface area contributed by atoms with E-state index < -0.39 is 17.8 Å². The second-order valence-corrected chi connectivity index (χ2v) is 10.3. The summed E-state index contributed by atoms with van der Waals surface area (Å²) in [5.74, 6) is 0.208. The van der Waals surface area contributed by atoms with Crippen molar-refractivity contribution in [1.82, 2.24) is 0 Å². The van der Waals surface area contributed by atoms with Crippen LogP contribution < -0.4 is 9.47 Å². The van der Waals surface area contributed by atoms with E-state index in [2.05, 4.69) is 20.7 Å². The van der Waals surface area contributed by atoms with Crippen molar-refractivity contribution in [3.8, 4) is 11.5 Å². The van der Waals surface area contributed by atoms with Crippen molar-refractivity contribution in [2.45, 2.75) is 49.5 Å². The Balaban J connectivity index is 1.42. The third-order valence-corrected chi connectivity index (χ3v) is 7.39. The molecule has 4 bridgehead atoms. The number of alkyl halides is 3. The molecule has 0 unspecified atom stereocenters. The summed E-state index contributed by atoms with van der Waals surface area (Å²) in [5, 5.41) is 0. The Morgan fingerprint density at radius 1 is 1.17 bits per heavy atom. The average Bonchev–Trinajstić information content (AvgIpc) is 2.63. The highest BCUT2D eigenvalue weighted by Crippen LogP contribution is 2.64. The number of benzene rings is 1. The molecule has 1 aromatic carbocycles. The molecule has 5 rings (SSSR count). The summed E-state index contributed by atoms with van der Waals surface area (Å²) in [5.41, 5.74) is -0.292. The number of ether oxygens (including phenoxy) is 3. The number of carbonyl (C=O) groups excluding carboxylic acids is 2. The van der Waals surface area contributed by atoms with Crippen LogP contribution in [0.5, 0.6) is 11.5 Å². The van der Waals surface area contributed by atoms with E-state index in [1.807, 2.05) is 0 Å². The molecule has 2 atom stereocenters. The van der Waals surface area contributed by atoms with Crippen molar-refractivity contribution in [3.05, 3.63) is 23.8 Å². The Labute approximate surface area is 176 Å². The predicted molar refractivity (Wildman–Crippen MR) is 104 cm³/mol. The number of rotatable bonds is 7. The fourth-order valence-electron chi connectivity index (χ4n) is 5.79. The zero-order valence-electron chi connectivity index (χ0n) is 16.1. The molecule has 0 radical (unpaired) electrons. The number of hydrogen-bond donors (Lipinski definition) is 0. The molecule has 1 aromatic rings. The summed E-state index contributed by atoms with van der Waals surface area (Å²) < 4.78 is 39.7. The monoisotopic (exact) mass is 472 g/mol. The van der Waals surface area contributed by atoms with Crippen molar-refractivity contribution in [3.63, 3.8) is 0 Å². The highest BCUT2D eigenvalue weighted by molar-refractivity contribution is 9.10. The molecule has 5 nitrogen and oxygen atoms in total. The Morgan fingerprint density at radius 3 is 2.45 bits per heavy atom. The van der Waals surface area contributed by atoms with Crippen LogP contribution in [0.1, 0.15) is 48.9 Å². The Hall–Kier alpha value is -1.70. The molecule has 4 saturated carbocycles. The highest BCUT2D eigenvalue weighted by Gasteiger charge is 2.60. The van der Waals surface area contributed by atoms with Gasteiger partial charge in [-0.15, -0.1) is 0 Å². The second kappa shape index (κ2) is 7.52. The fraction of sp³-hybridized carbons (Fsp3) is 0.619. The number of Topliss-reactive ketones (excluding diaryl/α,β-unsaturated/α-hetero) is 1. The first-order chi connectivity index (χ1) is 13.7. The number of ketones is 1. The minimum atomic E-state index is -3.00. The molecule has 0 spiro atoms. The maximum atomic E-state index is 12.9. The molecule has 0 heterocycles. The van der Waals surface area contributed by atoms with Gasteiger partial charge in [0, 0.05) is 9.89 Å². The van der Waals surface area contributed by atoms with Crippen molar-refractivity contribution in [1.29, 1.82) is 0 Å². The van der Waals surface area contributed by atoms with Crippen LogP contribution >= 0.6 is 15.9 Å². The van der Waals surface area contributed by atoms with Gasteiger partial charge in [0.2, 0.25) is 0 Å². The smallest absolute Gasteiger partial charge is 0.387 e. The zero-order chi connectivity index (χ0) is 20.8. The molecule has 0 N–H and O–H groups in total. The number of esters is 1. The van der Waals surface area contributed by atoms with Gasteiger partial charge in [-0.2, -0.15) is 8.78 Å². The van der Waals surface area contributed by atoms with E-state index in [1.165, 1.54) is 31.7 Å². The summed E-state index contributed by atoms with van der Waals surface area (Å²) in [4.78, 5) is 25.5. The van der Waals surface area contributed by atoms with Gasteiger partial charge < -0.3 is 14.2 Å². The molecule has 158 valence electrons. The van der Waals surface area contributed by atoms with Gasteiger partial charge in [-0.3, -0.25) is 9.59 Å². The molecule has 29 heavy (non-hydrogen) atoms. The van der Waals surface area contributed by atoms with Crippen LogP contribution in [0.25, 0.3) is 0 Å². The lowest BCUT2D eigenvalue weighted by atomic mass is 9.49. The largest absolute Gasteiger partial charge is 0.493 e. The maximum Gasteiger partial charge on any atom is 0.387 e. The van der Waals surface area contributed by atoms with Gasteiger partial charge in [-0.05, 0) is 68.6 Å². The molecule has 8 heteroatoms. The first kappa shape index (κ1) is 20.6. The van der Waals surface area contributed by atoms with Crippen LogP contribution in [0, 0.1) is 17.3 Å². The third-order valence-electron chi connectivity index (χ3n) is 6.46. The van der Waals surface area contributed by atoms with E-state index in [4.69, 9.17) is 9.47 Å². The first-order valence-electron chi connectivity index (χ1n) is 9.74. The second-order valence-electron chi connectivity index (χ2n) is 8.64. The third kappa shape index (κ3) is 4.00. The van der Waals surface area contributed by atoms with Crippen molar-refractivity contribution >= 4 is 27.7 Å². The van der Waals surface area contributed by atoms with E-state index in [0.717, 1.165) is 32.1 Å². The van der Waals surface area contributed by atoms with Gasteiger partial charge >= 0.3 is 12.6 Å². The van der Waals surface area contributed by atoms with Crippen LogP contribution in [0.2, 0.25) is 0 Å². The van der Waals surface area contributed by atoms with Crippen LogP contribution in [0.3, 0.4) is 0 Å². The van der Waals surface area contributed by atoms with Crippen LogP contribution in [0.15, 0.2) is 18.2 Å². The van der Waals surface area contributed by atoms with Gasteiger partial charge in [-0.25, -0.2) is 0 Å². The molecule has 0 saturated heterocycles. The van der Waals surface area contributed by atoms with E-state index in [1.54, 1.807) is 0 Å². The van der Waals surface area contributed by atoms with Gasteiger partial charge in [-0.1, -0.05) is 15.9 Å². The summed E-state index contributed by atoms with van der Waals surface area (Å²) in [6.07, 6.45) is 5.80. The van der Waals surface area contributed by atoms with Gasteiger partial charge in [0.05, 0.1) is 12.5 Å². The lowest BCUT2D eigenvalue weighted by Crippen LogP contribution is -2.56. The van der Waals surface area contributed by atoms with Crippen molar-refractivity contribution in [2.24, 2.45) is 17.3 Å². The van der Waals surface area contributed by atoms with Gasteiger partial charge in [0.25, 0.3) is 0 Å². The maximum absolute atomic E-state index is 12.9. The van der Waals surface area contributed by atoms with Crippen LogP contribution in [-0.2, 0) is 9.53 Å². The normalized spacial score (nSPS) is 32.3. The summed E-state index contributed by atoms with van der Waals surface area (Å²) in [6.45, 7) is -3.38. The lowest BCUT2D eigenvalue weighted by molar-refractivity contribution is -0.168. The quantitative estimate of drug-likeness (QED) is 0.325. The van der Waals surface area contributed by atoms with Crippen molar-refractivity contribution in [2.75, 3.05) is 13.7 Å². The average molecular weight is 473 g/mol. The van der Waals surface area contributed by atoms with Gasteiger partial charge in [0.15, 0.2) is 23.9 Å². The summed E-state index contributed by atoms with van der Waals surface area (Å²) in [6, 6.07) is 3.91. The molecule has 4 fully saturated rings. The molecule has 0 aliphatic heterocycles. The lowest BCUT2D eigenvalue weighted by Gasteiger charge is -2.58. The topological polar surface area (TPSA) is 61.8 Å². The van der Waals surface area contributed by atoms with Gasteiger partial charge in [0.1, 0.15) is 0 Å². The van der Waals surface area contributed by atoms with Crippen LogP contribution in [-0.4, -0.2) is 36.4 Å². The molecule has 4 aliphatic rings. The Kier molecular flexibility index (Phi) is 5.34. The minimum Gasteiger partial charge on any atom is -0.493 e. The Bertz CT molecular complexity index is 813. The molecule has 4 aliphatic carbocycles. The predicted octanol–water partition coefficient (Wildman–Crippen LogP) is 4.76. The first-order valence-corrected chi connectivity index (χ1v) is 10.5. The number of halogens is 3. The van der Waals surface area contributed by atoms with E-state index in [0.29, 0.717) is 11.8 Å². The number of carbonyl (C=O) groups is 2. The minimum absolute atomic E-state index is 0.0183. The molecular formula is C21H23BrF2O5. The molecule has 0 amide bonds. The van der Waals surface area contributed by atoms with E-state index in [9.17, 15) is 18.4 Å². The van der Waals surface area contributed by atoms with E-state index >= 15 is 0 Å². The number of methoxy groups -OCH3 is 1. The molecule has 0 aromatic heterocycles. The number of hydrogen-bond acceptors (Lipinski definition) is 5.